The van der Waals surface area contributed by atoms with Crippen LogP contribution in [0.4, 0.5) is 5.69 Å². The van der Waals surface area contributed by atoms with Crippen molar-refractivity contribution in [3.63, 3.8) is 0 Å². The summed E-state index contributed by atoms with van der Waals surface area (Å²) in [5, 5.41) is 0. The Kier molecular flexibility index (Phi) is 1.91. The van der Waals surface area contributed by atoms with E-state index in [-0.39, 0.29) is 10.2 Å². The van der Waals surface area contributed by atoms with Crippen LogP contribution < -0.4 is 4.90 Å². The van der Waals surface area contributed by atoms with Gasteiger partial charge in [0.2, 0.25) is 5.91 Å². The maximum Gasteiger partial charge on any atom is 0.245 e. The Labute approximate surface area is 85.7 Å². The summed E-state index contributed by atoms with van der Waals surface area (Å²) in [5.41, 5.74) is 0.976. The fraction of sp³-hybridized carbons (Fsp3) is 0.300. The van der Waals surface area contributed by atoms with Crippen molar-refractivity contribution in [2.75, 3.05) is 11.4 Å². The molecule has 1 aliphatic heterocycles. The van der Waals surface area contributed by atoms with Gasteiger partial charge < -0.3 is 4.90 Å². The molecule has 0 radical (unpaired) electrons. The number of hydrogen-bond donors (Lipinski definition) is 0. The van der Waals surface area contributed by atoms with E-state index in [1.807, 2.05) is 37.3 Å². The lowest BCUT2D eigenvalue weighted by Gasteiger charge is -2.42. The number of rotatable bonds is 1. The number of para-hydroxylation sites is 1. The summed E-state index contributed by atoms with van der Waals surface area (Å²) in [4.78, 5) is 13.3. The zero-order valence-electron chi connectivity index (χ0n) is 7.33. The van der Waals surface area contributed by atoms with E-state index in [2.05, 4.69) is 15.9 Å². The Morgan fingerprint density at radius 3 is 2.46 bits per heavy atom. The SMILES string of the molecule is CC1(Br)CN(c2ccccc2)C1=O. The van der Waals surface area contributed by atoms with Gasteiger partial charge in [0.05, 0.1) is 0 Å². The van der Waals surface area contributed by atoms with E-state index < -0.39 is 0 Å². The Bertz CT molecular complexity index is 334. The zero-order valence-corrected chi connectivity index (χ0v) is 8.91. The van der Waals surface area contributed by atoms with Crippen molar-refractivity contribution in [2.45, 2.75) is 11.2 Å². The first kappa shape index (κ1) is 8.75. The second-order valence-electron chi connectivity index (χ2n) is 3.42. The standard InChI is InChI=1S/C10H10BrNO/c1-10(11)7-12(9(10)13)8-5-3-2-4-6-8/h2-6H,7H2,1H3. The lowest BCUT2D eigenvalue weighted by Crippen LogP contribution is -2.61. The highest BCUT2D eigenvalue weighted by Crippen LogP contribution is 2.34. The van der Waals surface area contributed by atoms with Gasteiger partial charge in [-0.05, 0) is 19.1 Å². The summed E-state index contributed by atoms with van der Waals surface area (Å²) in [5.74, 6) is 0.138. The summed E-state index contributed by atoms with van der Waals surface area (Å²) in [6.07, 6.45) is 0. The van der Waals surface area contributed by atoms with Crippen molar-refractivity contribution in [3.05, 3.63) is 30.3 Å². The van der Waals surface area contributed by atoms with E-state index in [1.165, 1.54) is 0 Å². The number of hydrogen-bond acceptors (Lipinski definition) is 1. The molecule has 1 fully saturated rings. The van der Waals surface area contributed by atoms with Crippen LogP contribution in [0.3, 0.4) is 0 Å². The second kappa shape index (κ2) is 2.84. The van der Waals surface area contributed by atoms with E-state index >= 15 is 0 Å². The third-order valence-corrected chi connectivity index (χ3v) is 2.80. The summed E-state index contributed by atoms with van der Waals surface area (Å²) >= 11 is 3.38. The summed E-state index contributed by atoms with van der Waals surface area (Å²) in [6, 6.07) is 9.71. The van der Waals surface area contributed by atoms with Gasteiger partial charge in [-0.3, -0.25) is 4.79 Å². The highest BCUT2D eigenvalue weighted by Gasteiger charge is 2.46. The molecule has 0 saturated carbocycles. The Morgan fingerprint density at radius 2 is 2.00 bits per heavy atom. The number of nitrogens with zero attached hydrogens (tertiary/aromatic N) is 1. The van der Waals surface area contributed by atoms with Gasteiger partial charge in [0.25, 0.3) is 0 Å². The molecule has 13 heavy (non-hydrogen) atoms. The van der Waals surface area contributed by atoms with Crippen molar-refractivity contribution in [1.29, 1.82) is 0 Å². The van der Waals surface area contributed by atoms with Gasteiger partial charge in [-0.2, -0.15) is 0 Å². The third kappa shape index (κ3) is 1.37. The Balaban J connectivity index is 2.20. The summed E-state index contributed by atoms with van der Waals surface area (Å²) < 4.78 is -0.344. The highest BCUT2D eigenvalue weighted by atomic mass is 79.9. The maximum atomic E-state index is 11.6. The highest BCUT2D eigenvalue weighted by molar-refractivity contribution is 9.10. The van der Waals surface area contributed by atoms with Crippen molar-refractivity contribution in [1.82, 2.24) is 0 Å². The van der Waals surface area contributed by atoms with Gasteiger partial charge in [0.1, 0.15) is 4.32 Å². The molecule has 1 aromatic rings. The first-order valence-electron chi connectivity index (χ1n) is 4.17. The normalized spacial score (nSPS) is 27.2. The number of halogens is 1. The molecule has 0 spiro atoms. The van der Waals surface area contributed by atoms with Gasteiger partial charge in [-0.25, -0.2) is 0 Å². The molecule has 1 heterocycles. The van der Waals surface area contributed by atoms with Gasteiger partial charge in [0, 0.05) is 12.2 Å². The number of carbonyl (C=O) groups is 1. The first-order valence-corrected chi connectivity index (χ1v) is 4.96. The van der Waals surface area contributed by atoms with E-state index in [9.17, 15) is 4.79 Å². The van der Waals surface area contributed by atoms with Gasteiger partial charge in [-0.1, -0.05) is 34.1 Å². The quantitative estimate of drug-likeness (QED) is 0.544. The van der Waals surface area contributed by atoms with Crippen LogP contribution in [-0.2, 0) is 4.79 Å². The molecule has 1 amide bonds. The third-order valence-electron chi connectivity index (χ3n) is 2.21. The minimum atomic E-state index is -0.344. The number of anilines is 1. The molecule has 2 nitrogen and oxygen atoms in total. The fourth-order valence-corrected chi connectivity index (χ4v) is 1.91. The van der Waals surface area contributed by atoms with Gasteiger partial charge in [0.15, 0.2) is 0 Å². The fourth-order valence-electron chi connectivity index (χ4n) is 1.44. The van der Waals surface area contributed by atoms with Crippen LogP contribution in [0, 0.1) is 0 Å². The molecule has 0 N–H and O–H groups in total. The molecule has 1 atom stereocenters. The molecule has 68 valence electrons. The van der Waals surface area contributed by atoms with Gasteiger partial charge >= 0.3 is 0 Å². The molecule has 0 aliphatic carbocycles. The Hall–Kier alpha value is -0.830. The van der Waals surface area contributed by atoms with Crippen molar-refractivity contribution in [3.8, 4) is 0 Å². The molecular weight excluding hydrogens is 230 g/mol. The van der Waals surface area contributed by atoms with Gasteiger partial charge in [-0.15, -0.1) is 0 Å². The topological polar surface area (TPSA) is 20.3 Å². The second-order valence-corrected chi connectivity index (χ2v) is 5.17. The molecule has 1 saturated heterocycles. The van der Waals surface area contributed by atoms with E-state index in [0.29, 0.717) is 0 Å². The first-order chi connectivity index (χ1) is 6.11. The van der Waals surface area contributed by atoms with Crippen LogP contribution >= 0.6 is 15.9 Å². The molecular formula is C10H10BrNO. The smallest absolute Gasteiger partial charge is 0.245 e. The Morgan fingerprint density at radius 1 is 1.38 bits per heavy atom. The monoisotopic (exact) mass is 239 g/mol. The average Bonchev–Trinajstić information content (AvgIpc) is 2.15. The van der Waals surface area contributed by atoms with Crippen LogP contribution in [0.25, 0.3) is 0 Å². The molecule has 1 aromatic carbocycles. The van der Waals surface area contributed by atoms with E-state index in [4.69, 9.17) is 0 Å². The van der Waals surface area contributed by atoms with Crippen molar-refractivity contribution < 1.29 is 4.79 Å². The van der Waals surface area contributed by atoms with Crippen LogP contribution in [-0.4, -0.2) is 16.8 Å². The largest absolute Gasteiger partial charge is 0.309 e. The van der Waals surface area contributed by atoms with E-state index in [0.717, 1.165) is 12.2 Å². The number of alkyl halides is 1. The molecule has 3 heteroatoms. The molecule has 0 bridgehead atoms. The number of β-lactam (4-membered cyclic amide) rings is 1. The van der Waals surface area contributed by atoms with E-state index in [1.54, 1.807) is 4.90 Å². The van der Waals surface area contributed by atoms with Crippen LogP contribution in [0.5, 0.6) is 0 Å². The number of amides is 1. The lowest BCUT2D eigenvalue weighted by atomic mass is 10.00. The lowest BCUT2D eigenvalue weighted by molar-refractivity contribution is -0.124. The number of benzene rings is 1. The number of carbonyl (C=O) groups excluding carboxylic acids is 1. The van der Waals surface area contributed by atoms with Crippen LogP contribution in [0.1, 0.15) is 6.92 Å². The summed E-state index contributed by atoms with van der Waals surface area (Å²) in [6.45, 7) is 2.64. The molecule has 1 aliphatic rings. The maximum absolute atomic E-state index is 11.6. The minimum absolute atomic E-state index is 0.138. The molecule has 1 unspecified atom stereocenters. The van der Waals surface area contributed by atoms with Crippen LogP contribution in [0.2, 0.25) is 0 Å². The zero-order chi connectivity index (χ0) is 9.47. The predicted octanol–water partition coefficient (Wildman–Crippen LogP) is 2.19. The van der Waals surface area contributed by atoms with Crippen LogP contribution in [0.15, 0.2) is 30.3 Å². The van der Waals surface area contributed by atoms with Crippen molar-refractivity contribution >= 4 is 27.5 Å². The average molecular weight is 240 g/mol. The summed E-state index contributed by atoms with van der Waals surface area (Å²) in [7, 11) is 0. The molecule has 2 rings (SSSR count). The minimum Gasteiger partial charge on any atom is -0.309 e. The predicted molar refractivity (Wildman–Crippen MR) is 56.1 cm³/mol. The molecule has 0 aromatic heterocycles. The van der Waals surface area contributed by atoms with Crippen molar-refractivity contribution in [2.24, 2.45) is 0 Å².